The summed E-state index contributed by atoms with van der Waals surface area (Å²) < 4.78 is 18.7. The molecule has 0 unspecified atom stereocenters. The number of fused-ring (bicyclic) bond motifs is 3. The molecule has 0 N–H and O–H groups in total. The highest BCUT2D eigenvalue weighted by Gasteiger charge is 2.05. The number of rotatable bonds is 11. The van der Waals surface area contributed by atoms with Crippen LogP contribution in [0.15, 0.2) is 55.3 Å². The first-order chi connectivity index (χ1) is 12.4. The summed E-state index contributed by atoms with van der Waals surface area (Å²) in [6.45, 7) is 5.26. The van der Waals surface area contributed by atoms with Gasteiger partial charge in [0.25, 0.3) is 0 Å². The van der Waals surface area contributed by atoms with E-state index < -0.39 is 0 Å². The average molecular weight is 356 g/mol. The highest BCUT2D eigenvalue weighted by Crippen LogP contribution is 2.35. The van der Waals surface area contributed by atoms with Gasteiger partial charge < -0.3 is 14.2 Å². The fraction of sp³-hybridized carbons (Fsp3) is 0.333. The molecule has 1 heterocycles. The molecule has 0 aliphatic rings. The first-order valence-electron chi connectivity index (χ1n) is 8.73. The van der Waals surface area contributed by atoms with Gasteiger partial charge in [0.05, 0.1) is 19.5 Å². The average Bonchev–Trinajstić information content (AvgIpc) is 3.01. The molecule has 0 atom stereocenters. The van der Waals surface area contributed by atoms with Gasteiger partial charge in [0, 0.05) is 20.2 Å². The van der Waals surface area contributed by atoms with Crippen LogP contribution in [-0.2, 0) is 9.47 Å². The summed E-state index contributed by atoms with van der Waals surface area (Å²) in [5, 5.41) is 2.64. The van der Waals surface area contributed by atoms with Crippen molar-refractivity contribution in [1.29, 1.82) is 0 Å². The molecule has 132 valence electrons. The third kappa shape index (κ3) is 4.97. The second kappa shape index (κ2) is 9.44. The van der Waals surface area contributed by atoms with Gasteiger partial charge in [-0.15, -0.1) is 11.3 Å². The van der Waals surface area contributed by atoms with Gasteiger partial charge in [0.15, 0.2) is 6.79 Å². The molecule has 0 saturated carbocycles. The molecule has 0 radical (unpaired) electrons. The maximum Gasteiger partial charge on any atom is 0.188 e. The van der Waals surface area contributed by atoms with Crippen LogP contribution in [0.1, 0.15) is 25.7 Å². The monoisotopic (exact) mass is 356 g/mol. The molecule has 3 nitrogen and oxygen atoms in total. The van der Waals surface area contributed by atoms with Crippen molar-refractivity contribution in [2.75, 3.05) is 20.0 Å². The van der Waals surface area contributed by atoms with Crippen molar-refractivity contribution in [3.8, 4) is 5.75 Å². The minimum Gasteiger partial charge on any atom is -0.494 e. The third-order valence-corrected chi connectivity index (χ3v) is 5.20. The van der Waals surface area contributed by atoms with Crippen LogP contribution in [0.4, 0.5) is 0 Å². The fourth-order valence-corrected chi connectivity index (χ4v) is 3.94. The third-order valence-electron chi connectivity index (χ3n) is 4.07. The fourth-order valence-electron chi connectivity index (χ4n) is 2.80. The molecule has 1 aromatic heterocycles. The summed E-state index contributed by atoms with van der Waals surface area (Å²) >= 11 is 1.82. The van der Waals surface area contributed by atoms with Crippen LogP contribution in [0.5, 0.6) is 5.75 Å². The summed E-state index contributed by atoms with van der Waals surface area (Å²) in [6.07, 6.45) is 5.80. The van der Waals surface area contributed by atoms with E-state index in [9.17, 15) is 0 Å². The van der Waals surface area contributed by atoms with Crippen LogP contribution in [-0.4, -0.2) is 20.0 Å². The Bertz CT molecular complexity index is 809. The van der Waals surface area contributed by atoms with E-state index in [1.54, 1.807) is 0 Å². The molecule has 0 amide bonds. The predicted octanol–water partition coefficient (Wildman–Crippen LogP) is 6.13. The topological polar surface area (TPSA) is 27.7 Å². The van der Waals surface area contributed by atoms with Gasteiger partial charge in [-0.2, -0.15) is 0 Å². The summed E-state index contributed by atoms with van der Waals surface area (Å²) in [5.41, 5.74) is 0. The zero-order chi connectivity index (χ0) is 17.3. The van der Waals surface area contributed by atoms with Crippen molar-refractivity contribution in [3.05, 3.63) is 55.3 Å². The molecule has 2 aromatic carbocycles. The number of thiophene rings is 1. The zero-order valence-electron chi connectivity index (χ0n) is 14.4. The van der Waals surface area contributed by atoms with E-state index in [0.29, 0.717) is 6.79 Å². The molecule has 3 aromatic rings. The summed E-state index contributed by atoms with van der Waals surface area (Å²) in [4.78, 5) is 0. The largest absolute Gasteiger partial charge is 0.494 e. The quantitative estimate of drug-likeness (QED) is 0.235. The van der Waals surface area contributed by atoms with E-state index in [2.05, 4.69) is 49.0 Å². The van der Waals surface area contributed by atoms with E-state index >= 15 is 0 Å². The Balaban J connectivity index is 1.39. The van der Waals surface area contributed by atoms with Crippen LogP contribution in [0, 0.1) is 0 Å². The number of ether oxygens (including phenoxy) is 3. The SMILES string of the molecule is C=COCOCCCCCCOc1ccc2c(c1)sc1ccccc12. The van der Waals surface area contributed by atoms with Crippen molar-refractivity contribution < 1.29 is 14.2 Å². The van der Waals surface area contributed by atoms with Crippen LogP contribution < -0.4 is 4.74 Å². The number of hydrogen-bond acceptors (Lipinski definition) is 4. The van der Waals surface area contributed by atoms with Gasteiger partial charge in [-0.1, -0.05) is 31.2 Å². The van der Waals surface area contributed by atoms with Crippen molar-refractivity contribution in [3.63, 3.8) is 0 Å². The second-order valence-corrected chi connectivity index (χ2v) is 6.96. The highest BCUT2D eigenvalue weighted by molar-refractivity contribution is 7.25. The minimum atomic E-state index is 0.298. The lowest BCUT2D eigenvalue weighted by Crippen LogP contribution is -1.99. The van der Waals surface area contributed by atoms with E-state index in [0.717, 1.165) is 44.6 Å². The Morgan fingerprint density at radius 3 is 2.56 bits per heavy atom. The molecule has 0 aliphatic carbocycles. The molecule has 0 saturated heterocycles. The maximum absolute atomic E-state index is 5.91. The van der Waals surface area contributed by atoms with Crippen molar-refractivity contribution in [1.82, 2.24) is 0 Å². The lowest BCUT2D eigenvalue weighted by atomic mass is 10.1. The first kappa shape index (κ1) is 17.8. The molecule has 0 aliphatic heterocycles. The molecule has 25 heavy (non-hydrogen) atoms. The first-order valence-corrected chi connectivity index (χ1v) is 9.54. The van der Waals surface area contributed by atoms with E-state index in [1.165, 1.54) is 26.4 Å². The molecule has 0 fully saturated rings. The summed E-state index contributed by atoms with van der Waals surface area (Å²) in [6, 6.07) is 15.0. The van der Waals surface area contributed by atoms with Crippen LogP contribution in [0.3, 0.4) is 0 Å². The maximum atomic E-state index is 5.91. The normalized spacial score (nSPS) is 11.0. The Labute approximate surface area is 152 Å². The zero-order valence-corrected chi connectivity index (χ0v) is 15.2. The molecule has 4 heteroatoms. The van der Waals surface area contributed by atoms with Gasteiger partial charge in [0.2, 0.25) is 0 Å². The van der Waals surface area contributed by atoms with Gasteiger partial charge in [-0.25, -0.2) is 0 Å². The van der Waals surface area contributed by atoms with Crippen LogP contribution in [0.25, 0.3) is 20.2 Å². The Morgan fingerprint density at radius 2 is 1.68 bits per heavy atom. The molecular weight excluding hydrogens is 332 g/mol. The van der Waals surface area contributed by atoms with Gasteiger partial charge in [0.1, 0.15) is 5.75 Å². The van der Waals surface area contributed by atoms with Crippen LogP contribution >= 0.6 is 11.3 Å². The number of benzene rings is 2. The lowest BCUT2D eigenvalue weighted by molar-refractivity contribution is -0.0123. The number of hydrogen-bond donors (Lipinski definition) is 0. The van der Waals surface area contributed by atoms with E-state index in [-0.39, 0.29) is 0 Å². The molecular formula is C21H24O3S. The van der Waals surface area contributed by atoms with Gasteiger partial charge in [-0.05, 0) is 43.5 Å². The standard InChI is InChI=1S/C21H24O3S/c1-2-22-16-23-13-7-3-4-8-14-24-17-11-12-19-18-9-5-6-10-20(18)25-21(19)15-17/h2,5-6,9-12,15H,1,3-4,7-8,13-14,16H2. The Kier molecular flexibility index (Phi) is 6.71. The predicted molar refractivity (Wildman–Crippen MR) is 105 cm³/mol. The number of unbranched alkanes of at least 4 members (excludes halogenated alkanes) is 3. The molecule has 0 bridgehead atoms. The summed E-state index contributed by atoms with van der Waals surface area (Å²) in [7, 11) is 0. The van der Waals surface area contributed by atoms with Gasteiger partial charge in [-0.3, -0.25) is 0 Å². The van der Waals surface area contributed by atoms with Gasteiger partial charge >= 0.3 is 0 Å². The van der Waals surface area contributed by atoms with E-state index in [1.807, 2.05) is 11.3 Å². The Hall–Kier alpha value is -2.04. The van der Waals surface area contributed by atoms with E-state index in [4.69, 9.17) is 14.2 Å². The smallest absolute Gasteiger partial charge is 0.188 e. The minimum absolute atomic E-state index is 0.298. The Morgan fingerprint density at radius 1 is 0.880 bits per heavy atom. The molecule has 0 spiro atoms. The second-order valence-electron chi connectivity index (χ2n) is 5.88. The molecule has 3 rings (SSSR count). The lowest BCUT2D eigenvalue weighted by Gasteiger charge is -2.07. The van der Waals surface area contributed by atoms with Crippen molar-refractivity contribution in [2.24, 2.45) is 0 Å². The summed E-state index contributed by atoms with van der Waals surface area (Å²) in [5.74, 6) is 0.962. The highest BCUT2D eigenvalue weighted by atomic mass is 32.1. The van der Waals surface area contributed by atoms with Crippen molar-refractivity contribution in [2.45, 2.75) is 25.7 Å². The van der Waals surface area contributed by atoms with Crippen molar-refractivity contribution >= 4 is 31.5 Å². The van der Waals surface area contributed by atoms with Crippen LogP contribution in [0.2, 0.25) is 0 Å².